The Bertz CT molecular complexity index is 604. The molecule has 0 saturated heterocycles. The zero-order chi connectivity index (χ0) is 15.5. The quantitative estimate of drug-likeness (QED) is 0.608. The molecule has 0 radical (unpaired) electrons. The summed E-state index contributed by atoms with van der Waals surface area (Å²) in [6.45, 7) is 3.70. The molecule has 0 fully saturated rings. The fraction of sp³-hybridized carbons (Fsp3) is 0.455. The van der Waals surface area contributed by atoms with E-state index in [1.165, 1.54) is 6.07 Å². The van der Waals surface area contributed by atoms with Crippen molar-refractivity contribution in [2.24, 2.45) is 11.7 Å². The Morgan fingerprint density at radius 1 is 1.45 bits per heavy atom. The van der Waals surface area contributed by atoms with Crippen LogP contribution in [-0.2, 0) is 10.0 Å². The number of sulfonamides is 1. The number of nitro groups is 1. The van der Waals surface area contributed by atoms with E-state index in [1.807, 2.05) is 13.8 Å². The predicted molar refractivity (Wildman–Crippen MR) is 76.1 cm³/mol. The number of hydrogen-bond acceptors (Lipinski definition) is 5. The maximum Gasteiger partial charge on any atom is 0.290 e. The molecule has 20 heavy (non-hydrogen) atoms. The Hall–Kier alpha value is -1.22. The number of nitro benzene ring substituents is 1. The van der Waals surface area contributed by atoms with Crippen LogP contribution in [0.4, 0.5) is 5.69 Å². The second-order valence-electron chi connectivity index (χ2n) is 4.63. The van der Waals surface area contributed by atoms with Crippen molar-refractivity contribution in [1.29, 1.82) is 0 Å². The standard InChI is InChI=1S/C11H16ClN3O4S/c1-7(2)9(13)6-14-20(18,19)11-4-3-8(12)5-10(11)15(16)17/h3-5,7,9,14H,6,13H2,1-2H3. The minimum Gasteiger partial charge on any atom is -0.326 e. The van der Waals surface area contributed by atoms with Crippen LogP contribution in [0.2, 0.25) is 5.02 Å². The summed E-state index contributed by atoms with van der Waals surface area (Å²) >= 11 is 5.64. The van der Waals surface area contributed by atoms with Crippen LogP contribution in [0.25, 0.3) is 0 Å². The second kappa shape index (κ2) is 6.49. The molecule has 0 aliphatic heterocycles. The fourth-order valence-electron chi connectivity index (χ4n) is 1.38. The number of halogens is 1. The van der Waals surface area contributed by atoms with Crippen LogP contribution in [0.5, 0.6) is 0 Å². The van der Waals surface area contributed by atoms with E-state index in [4.69, 9.17) is 17.3 Å². The van der Waals surface area contributed by atoms with E-state index in [-0.39, 0.29) is 23.5 Å². The Morgan fingerprint density at radius 3 is 2.55 bits per heavy atom. The van der Waals surface area contributed by atoms with Crippen molar-refractivity contribution >= 4 is 27.3 Å². The molecule has 0 bridgehead atoms. The molecule has 1 rings (SSSR count). The van der Waals surface area contributed by atoms with Crippen LogP contribution in [-0.4, -0.2) is 25.9 Å². The van der Waals surface area contributed by atoms with Gasteiger partial charge >= 0.3 is 0 Å². The van der Waals surface area contributed by atoms with Gasteiger partial charge in [0.15, 0.2) is 4.90 Å². The SMILES string of the molecule is CC(C)C(N)CNS(=O)(=O)c1ccc(Cl)cc1[N+](=O)[O-]. The average Bonchev–Trinajstić information content (AvgIpc) is 2.35. The molecule has 3 N–H and O–H groups in total. The Kier molecular flexibility index (Phi) is 5.46. The summed E-state index contributed by atoms with van der Waals surface area (Å²) in [5.41, 5.74) is 5.18. The first-order valence-electron chi connectivity index (χ1n) is 5.84. The Balaban J connectivity index is 3.07. The van der Waals surface area contributed by atoms with Crippen LogP contribution in [0.15, 0.2) is 23.1 Å². The molecule has 1 atom stereocenters. The van der Waals surface area contributed by atoms with E-state index in [0.29, 0.717) is 0 Å². The lowest BCUT2D eigenvalue weighted by atomic mass is 10.1. The molecule has 1 aromatic carbocycles. The van der Waals surface area contributed by atoms with Gasteiger partial charge in [0.2, 0.25) is 10.0 Å². The summed E-state index contributed by atoms with van der Waals surface area (Å²) in [4.78, 5) is 9.68. The molecule has 0 aliphatic rings. The summed E-state index contributed by atoms with van der Waals surface area (Å²) in [6.07, 6.45) is 0. The van der Waals surface area contributed by atoms with Crippen molar-refractivity contribution in [3.63, 3.8) is 0 Å². The third-order valence-electron chi connectivity index (χ3n) is 2.77. The summed E-state index contributed by atoms with van der Waals surface area (Å²) in [5, 5.41) is 11.0. The molecule has 7 nitrogen and oxygen atoms in total. The summed E-state index contributed by atoms with van der Waals surface area (Å²) in [5.74, 6) is 0.0814. The fourth-order valence-corrected chi connectivity index (χ4v) is 2.77. The average molecular weight is 322 g/mol. The van der Waals surface area contributed by atoms with Gasteiger partial charge in [-0.05, 0) is 18.1 Å². The maximum atomic E-state index is 12.1. The lowest BCUT2D eigenvalue weighted by Crippen LogP contribution is -2.40. The first kappa shape index (κ1) is 16.8. The monoisotopic (exact) mass is 321 g/mol. The van der Waals surface area contributed by atoms with E-state index >= 15 is 0 Å². The third-order valence-corrected chi connectivity index (χ3v) is 4.48. The molecule has 0 aliphatic carbocycles. The Labute approximate surface area is 122 Å². The Morgan fingerprint density at radius 2 is 2.05 bits per heavy atom. The minimum atomic E-state index is -4.01. The van der Waals surface area contributed by atoms with Gasteiger partial charge in [-0.25, -0.2) is 13.1 Å². The van der Waals surface area contributed by atoms with Crippen molar-refractivity contribution in [2.75, 3.05) is 6.54 Å². The van der Waals surface area contributed by atoms with Gasteiger partial charge in [0.25, 0.3) is 5.69 Å². The van der Waals surface area contributed by atoms with Crippen LogP contribution in [0.3, 0.4) is 0 Å². The molecular weight excluding hydrogens is 306 g/mol. The van der Waals surface area contributed by atoms with Gasteiger partial charge in [-0.3, -0.25) is 10.1 Å². The van der Waals surface area contributed by atoms with E-state index in [2.05, 4.69) is 4.72 Å². The number of rotatable bonds is 6. The second-order valence-corrected chi connectivity index (χ2v) is 6.80. The van der Waals surface area contributed by atoms with Crippen molar-refractivity contribution in [3.05, 3.63) is 33.3 Å². The summed E-state index contributed by atoms with van der Waals surface area (Å²) < 4.78 is 26.4. The zero-order valence-electron chi connectivity index (χ0n) is 11.0. The van der Waals surface area contributed by atoms with E-state index in [0.717, 1.165) is 12.1 Å². The van der Waals surface area contributed by atoms with E-state index < -0.39 is 25.5 Å². The molecular formula is C11H16ClN3O4S. The van der Waals surface area contributed by atoms with Crippen LogP contribution in [0.1, 0.15) is 13.8 Å². The van der Waals surface area contributed by atoms with Crippen molar-refractivity contribution in [1.82, 2.24) is 4.72 Å². The van der Waals surface area contributed by atoms with Crippen LogP contribution in [0, 0.1) is 16.0 Å². The predicted octanol–water partition coefficient (Wildman–Crippen LogP) is 1.51. The van der Waals surface area contributed by atoms with Gasteiger partial charge in [-0.2, -0.15) is 0 Å². The molecule has 0 saturated carbocycles. The maximum absolute atomic E-state index is 12.1. The highest BCUT2D eigenvalue weighted by Gasteiger charge is 2.26. The number of benzene rings is 1. The summed E-state index contributed by atoms with van der Waals surface area (Å²) in [6, 6.07) is 3.00. The molecule has 112 valence electrons. The molecule has 0 amide bonds. The molecule has 0 aromatic heterocycles. The zero-order valence-corrected chi connectivity index (χ0v) is 12.6. The van der Waals surface area contributed by atoms with Gasteiger partial charge in [-0.1, -0.05) is 25.4 Å². The highest BCUT2D eigenvalue weighted by Crippen LogP contribution is 2.26. The topological polar surface area (TPSA) is 115 Å². The molecule has 1 aromatic rings. The van der Waals surface area contributed by atoms with Gasteiger partial charge in [0.1, 0.15) is 0 Å². The van der Waals surface area contributed by atoms with Gasteiger partial charge in [0.05, 0.1) is 4.92 Å². The third kappa shape index (κ3) is 4.14. The van der Waals surface area contributed by atoms with E-state index in [1.54, 1.807) is 0 Å². The highest BCUT2D eigenvalue weighted by molar-refractivity contribution is 7.89. The number of nitrogens with one attached hydrogen (secondary N) is 1. The molecule has 9 heteroatoms. The lowest BCUT2D eigenvalue weighted by molar-refractivity contribution is -0.387. The van der Waals surface area contributed by atoms with Crippen LogP contribution >= 0.6 is 11.6 Å². The van der Waals surface area contributed by atoms with Gasteiger partial charge < -0.3 is 5.73 Å². The number of nitrogens with two attached hydrogens (primary N) is 1. The first-order chi connectivity index (χ1) is 9.15. The smallest absolute Gasteiger partial charge is 0.290 e. The van der Waals surface area contributed by atoms with E-state index in [9.17, 15) is 18.5 Å². The van der Waals surface area contributed by atoms with Gasteiger partial charge in [0, 0.05) is 23.7 Å². The first-order valence-corrected chi connectivity index (χ1v) is 7.70. The summed E-state index contributed by atoms with van der Waals surface area (Å²) in [7, 11) is -4.01. The lowest BCUT2D eigenvalue weighted by Gasteiger charge is -2.16. The van der Waals surface area contributed by atoms with Crippen molar-refractivity contribution in [3.8, 4) is 0 Å². The van der Waals surface area contributed by atoms with Crippen molar-refractivity contribution < 1.29 is 13.3 Å². The van der Waals surface area contributed by atoms with Crippen molar-refractivity contribution in [2.45, 2.75) is 24.8 Å². The number of hydrogen-bond donors (Lipinski definition) is 2. The normalized spacial score (nSPS) is 13.4. The van der Waals surface area contributed by atoms with Gasteiger partial charge in [-0.15, -0.1) is 0 Å². The molecule has 0 heterocycles. The molecule has 1 unspecified atom stereocenters. The highest BCUT2D eigenvalue weighted by atomic mass is 35.5. The number of nitrogens with zero attached hydrogens (tertiary/aromatic N) is 1. The van der Waals surface area contributed by atoms with Crippen LogP contribution < -0.4 is 10.5 Å². The minimum absolute atomic E-state index is 0.000218. The molecule has 0 spiro atoms. The largest absolute Gasteiger partial charge is 0.326 e.